The van der Waals surface area contributed by atoms with E-state index in [0.29, 0.717) is 17.4 Å². The van der Waals surface area contributed by atoms with Gasteiger partial charge in [0.2, 0.25) is 5.91 Å². The summed E-state index contributed by atoms with van der Waals surface area (Å²) in [5, 5.41) is 10.4. The molecule has 0 bridgehead atoms. The second-order valence-corrected chi connectivity index (χ2v) is 9.35. The van der Waals surface area contributed by atoms with Crippen molar-refractivity contribution in [2.45, 2.75) is 30.7 Å². The van der Waals surface area contributed by atoms with E-state index in [2.05, 4.69) is 4.90 Å². The number of nitrogens with zero attached hydrogens (tertiary/aromatic N) is 2. The molecular formula is C23H25FN2O4S. The second kappa shape index (κ2) is 8.52. The Morgan fingerprint density at radius 2 is 1.94 bits per heavy atom. The second-order valence-electron chi connectivity index (χ2n) is 8.28. The highest BCUT2D eigenvalue weighted by atomic mass is 32.2. The topological polar surface area (TPSA) is 62.2 Å². The number of hydrogen-bond donors (Lipinski definition) is 1. The molecule has 0 saturated carbocycles. The van der Waals surface area contributed by atoms with Gasteiger partial charge in [-0.2, -0.15) is 0 Å². The van der Waals surface area contributed by atoms with Gasteiger partial charge in [0.25, 0.3) is 0 Å². The molecule has 3 saturated heterocycles. The first-order valence-corrected chi connectivity index (χ1v) is 11.5. The van der Waals surface area contributed by atoms with Crippen LogP contribution in [0.25, 0.3) is 0 Å². The molecule has 0 aliphatic carbocycles. The van der Waals surface area contributed by atoms with Crippen molar-refractivity contribution >= 4 is 23.4 Å². The number of hydrogen-bond acceptors (Lipinski definition) is 6. The van der Waals surface area contributed by atoms with Crippen molar-refractivity contribution in [2.24, 2.45) is 0 Å². The van der Waals surface area contributed by atoms with Crippen molar-refractivity contribution in [1.29, 1.82) is 0 Å². The minimum absolute atomic E-state index is 0.00926. The molecule has 6 nitrogen and oxygen atoms in total. The van der Waals surface area contributed by atoms with Gasteiger partial charge < -0.3 is 14.6 Å². The molecule has 5 rings (SSSR count). The average molecular weight is 445 g/mol. The number of carbonyl (C=O) groups excluding carboxylic acids is 1. The van der Waals surface area contributed by atoms with Crippen molar-refractivity contribution in [1.82, 2.24) is 4.90 Å². The normalized spacial score (nSPS) is 23.6. The number of aryl methyl sites for hydroxylation is 1. The maximum atomic E-state index is 13.3. The van der Waals surface area contributed by atoms with Gasteiger partial charge in [-0.3, -0.25) is 14.6 Å². The van der Waals surface area contributed by atoms with Crippen molar-refractivity contribution < 1.29 is 23.8 Å². The molecule has 0 radical (unpaired) electrons. The van der Waals surface area contributed by atoms with E-state index >= 15 is 0 Å². The molecule has 8 heteroatoms. The van der Waals surface area contributed by atoms with Crippen LogP contribution in [0.1, 0.15) is 28.4 Å². The van der Waals surface area contributed by atoms with Gasteiger partial charge in [-0.25, -0.2) is 4.39 Å². The summed E-state index contributed by atoms with van der Waals surface area (Å²) in [5.41, 5.74) is 3.23. The third kappa shape index (κ3) is 4.10. The number of amides is 1. The average Bonchev–Trinajstić information content (AvgIpc) is 3.06. The number of likely N-dealkylation sites (tertiary alicyclic amines) is 1. The Morgan fingerprint density at radius 3 is 2.58 bits per heavy atom. The van der Waals surface area contributed by atoms with Crippen LogP contribution in [0.4, 0.5) is 10.1 Å². The van der Waals surface area contributed by atoms with Crippen LogP contribution in [-0.4, -0.2) is 60.1 Å². The minimum Gasteiger partial charge on any atom is -0.378 e. The van der Waals surface area contributed by atoms with Crippen LogP contribution >= 0.6 is 11.8 Å². The highest BCUT2D eigenvalue weighted by Gasteiger charge is 2.38. The molecule has 1 N–H and O–H groups in total. The van der Waals surface area contributed by atoms with Crippen LogP contribution in [0, 0.1) is 12.7 Å². The summed E-state index contributed by atoms with van der Waals surface area (Å²) in [5.74, 6) is 0.0929. The summed E-state index contributed by atoms with van der Waals surface area (Å²) in [6, 6.07) is 12.3. The van der Waals surface area contributed by atoms with Crippen LogP contribution in [0.15, 0.2) is 42.5 Å². The van der Waals surface area contributed by atoms with Crippen LogP contribution in [-0.2, 0) is 14.3 Å². The van der Waals surface area contributed by atoms with Crippen LogP contribution in [0.2, 0.25) is 0 Å². The molecule has 3 heterocycles. The van der Waals surface area contributed by atoms with E-state index in [9.17, 15) is 14.3 Å². The van der Waals surface area contributed by atoms with E-state index in [1.807, 2.05) is 19.1 Å². The smallest absolute Gasteiger partial charge is 0.238 e. The molecule has 2 unspecified atom stereocenters. The van der Waals surface area contributed by atoms with Crippen molar-refractivity contribution in [3.8, 4) is 0 Å². The van der Waals surface area contributed by atoms with Crippen LogP contribution in [0.3, 0.4) is 0 Å². The Kier molecular flexibility index (Phi) is 5.75. The molecule has 0 spiro atoms. The standard InChI is InChI=1S/C23H25FN2O4S/c1-14-8-16(23(28)30-19-9-25(10-19)18-11-29-12-18)4-7-20(14)26-21(27)13-31-22(26)15-2-5-17(24)6-3-15/h2-8,18-19,22-23,28H,9-13H2,1H3. The highest BCUT2D eigenvalue weighted by Crippen LogP contribution is 2.43. The summed E-state index contributed by atoms with van der Waals surface area (Å²) < 4.78 is 24.4. The third-order valence-electron chi connectivity index (χ3n) is 6.12. The molecule has 31 heavy (non-hydrogen) atoms. The summed E-state index contributed by atoms with van der Waals surface area (Å²) in [6.07, 6.45) is -0.996. The van der Waals surface area contributed by atoms with E-state index < -0.39 is 6.29 Å². The number of rotatable bonds is 6. The maximum Gasteiger partial charge on any atom is 0.238 e. The molecule has 164 valence electrons. The lowest BCUT2D eigenvalue weighted by Gasteiger charge is -2.47. The van der Waals surface area contributed by atoms with Crippen LogP contribution in [0.5, 0.6) is 0 Å². The van der Waals surface area contributed by atoms with Gasteiger partial charge in [0.15, 0.2) is 6.29 Å². The van der Waals surface area contributed by atoms with Crippen molar-refractivity contribution in [2.75, 3.05) is 37.0 Å². The van der Waals surface area contributed by atoms with Gasteiger partial charge in [0, 0.05) is 24.3 Å². The number of benzene rings is 2. The molecule has 3 fully saturated rings. The summed E-state index contributed by atoms with van der Waals surface area (Å²) in [7, 11) is 0. The van der Waals surface area contributed by atoms with Crippen LogP contribution < -0.4 is 4.90 Å². The first-order chi connectivity index (χ1) is 15.0. The van der Waals surface area contributed by atoms with Gasteiger partial charge in [-0.15, -0.1) is 11.8 Å². The number of aliphatic hydroxyl groups is 1. The van der Waals surface area contributed by atoms with Gasteiger partial charge >= 0.3 is 0 Å². The molecule has 0 aromatic heterocycles. The Bertz CT molecular complexity index is 963. The molecule has 3 aliphatic heterocycles. The number of anilines is 1. The molecule has 2 atom stereocenters. The highest BCUT2D eigenvalue weighted by molar-refractivity contribution is 8.00. The fraction of sp³-hybridized carbons (Fsp3) is 0.435. The minimum atomic E-state index is -1.01. The van der Waals surface area contributed by atoms with Crippen molar-refractivity contribution in [3.63, 3.8) is 0 Å². The lowest BCUT2D eigenvalue weighted by Crippen LogP contribution is -2.62. The Hall–Kier alpha value is -1.97. The van der Waals surface area contributed by atoms with Gasteiger partial charge in [0.05, 0.1) is 31.1 Å². The molecule has 2 aromatic carbocycles. The quantitative estimate of drug-likeness (QED) is 0.692. The lowest BCUT2D eigenvalue weighted by molar-refractivity contribution is -0.201. The number of carbonyl (C=O) groups is 1. The zero-order valence-corrected chi connectivity index (χ0v) is 18.1. The molecule has 3 aliphatic rings. The third-order valence-corrected chi connectivity index (χ3v) is 7.34. The molecular weight excluding hydrogens is 419 g/mol. The first-order valence-electron chi connectivity index (χ1n) is 10.4. The van der Waals surface area contributed by atoms with Gasteiger partial charge in [-0.1, -0.05) is 18.2 Å². The van der Waals surface area contributed by atoms with E-state index in [1.54, 1.807) is 23.1 Å². The number of halogens is 1. The monoisotopic (exact) mass is 444 g/mol. The Balaban J connectivity index is 1.28. The summed E-state index contributed by atoms with van der Waals surface area (Å²) in [6.45, 7) is 5.10. The van der Waals surface area contributed by atoms with Crippen molar-refractivity contribution in [3.05, 3.63) is 65.0 Å². The first kappa shape index (κ1) is 20.9. The maximum absolute atomic E-state index is 13.3. The SMILES string of the molecule is Cc1cc(C(O)OC2CN(C3COC3)C2)ccc1N1C(=O)CSC1c1ccc(F)cc1. The van der Waals surface area contributed by atoms with E-state index in [-0.39, 0.29) is 23.2 Å². The number of aliphatic hydroxyl groups excluding tert-OH is 1. The van der Waals surface area contributed by atoms with E-state index in [1.165, 1.54) is 23.9 Å². The zero-order chi connectivity index (χ0) is 21.5. The fourth-order valence-electron chi connectivity index (χ4n) is 4.21. The largest absolute Gasteiger partial charge is 0.378 e. The van der Waals surface area contributed by atoms with Gasteiger partial charge in [0.1, 0.15) is 11.2 Å². The van der Waals surface area contributed by atoms with E-state index in [0.717, 1.165) is 43.1 Å². The Labute approximate surface area is 184 Å². The van der Waals surface area contributed by atoms with Gasteiger partial charge in [-0.05, 0) is 42.3 Å². The fourth-order valence-corrected chi connectivity index (χ4v) is 5.38. The summed E-state index contributed by atoms with van der Waals surface area (Å²) in [4.78, 5) is 16.7. The lowest BCUT2D eigenvalue weighted by atomic mass is 10.1. The molecule has 1 amide bonds. The number of thioether (sulfide) groups is 1. The molecule has 2 aromatic rings. The van der Waals surface area contributed by atoms with E-state index in [4.69, 9.17) is 9.47 Å². The number of ether oxygens (including phenoxy) is 2. The predicted molar refractivity (Wildman–Crippen MR) is 116 cm³/mol. The Morgan fingerprint density at radius 1 is 1.19 bits per heavy atom. The summed E-state index contributed by atoms with van der Waals surface area (Å²) >= 11 is 1.53. The zero-order valence-electron chi connectivity index (χ0n) is 17.2. The predicted octanol–water partition coefficient (Wildman–Crippen LogP) is 3.00.